The van der Waals surface area contributed by atoms with Crippen molar-refractivity contribution in [3.05, 3.63) is 0 Å². The van der Waals surface area contributed by atoms with E-state index in [0.717, 1.165) is 6.54 Å². The third-order valence-electron chi connectivity index (χ3n) is 4.46. The normalized spacial score (nSPS) is 38.1. The van der Waals surface area contributed by atoms with Gasteiger partial charge in [-0.1, -0.05) is 13.8 Å². The molecule has 4 heteroatoms. The Morgan fingerprint density at radius 1 is 1.31 bits per heavy atom. The van der Waals surface area contributed by atoms with Crippen molar-refractivity contribution >= 4 is 11.8 Å². The molecule has 0 aromatic heterocycles. The summed E-state index contributed by atoms with van der Waals surface area (Å²) in [6.07, 6.45) is 1.28. The number of rotatable bonds is 3. The van der Waals surface area contributed by atoms with Crippen LogP contribution < -0.4 is 5.73 Å². The van der Waals surface area contributed by atoms with Crippen molar-refractivity contribution in [1.29, 1.82) is 0 Å². The van der Waals surface area contributed by atoms with E-state index in [-0.39, 0.29) is 0 Å². The van der Waals surface area contributed by atoms with Crippen LogP contribution in [-0.2, 0) is 0 Å². The SMILES string of the molecule is CCN1CCN(C2(CN)CCSC2C)CC1. The number of nitrogens with zero attached hydrogens (tertiary/aromatic N) is 2. The van der Waals surface area contributed by atoms with Crippen LogP contribution in [0.3, 0.4) is 0 Å². The van der Waals surface area contributed by atoms with Crippen LogP contribution in [0.2, 0.25) is 0 Å². The molecule has 0 saturated carbocycles. The number of nitrogens with two attached hydrogens (primary N) is 1. The van der Waals surface area contributed by atoms with Gasteiger partial charge >= 0.3 is 0 Å². The third kappa shape index (κ3) is 2.13. The first-order valence-electron chi connectivity index (χ1n) is 6.52. The lowest BCUT2D eigenvalue weighted by molar-refractivity contribution is 0.0406. The predicted octanol–water partition coefficient (Wildman–Crippen LogP) is 0.847. The van der Waals surface area contributed by atoms with Gasteiger partial charge in [0.2, 0.25) is 0 Å². The highest BCUT2D eigenvalue weighted by molar-refractivity contribution is 8.00. The summed E-state index contributed by atoms with van der Waals surface area (Å²) < 4.78 is 0. The first-order chi connectivity index (χ1) is 7.73. The minimum Gasteiger partial charge on any atom is -0.329 e. The summed E-state index contributed by atoms with van der Waals surface area (Å²) in [6.45, 7) is 11.5. The van der Waals surface area contributed by atoms with Crippen molar-refractivity contribution < 1.29 is 0 Å². The maximum atomic E-state index is 6.09. The fraction of sp³-hybridized carbons (Fsp3) is 1.00. The molecule has 0 amide bonds. The third-order valence-corrected chi connectivity index (χ3v) is 5.84. The molecule has 2 aliphatic rings. The lowest BCUT2D eigenvalue weighted by Crippen LogP contribution is -2.62. The zero-order valence-corrected chi connectivity index (χ0v) is 11.4. The highest BCUT2D eigenvalue weighted by atomic mass is 32.2. The Bertz CT molecular complexity index is 228. The molecule has 2 unspecified atom stereocenters. The Hall–Kier alpha value is 0.230. The van der Waals surface area contributed by atoms with Gasteiger partial charge in [-0.05, 0) is 18.7 Å². The van der Waals surface area contributed by atoms with Crippen LogP contribution in [0.4, 0.5) is 0 Å². The van der Waals surface area contributed by atoms with Crippen LogP contribution in [0.5, 0.6) is 0 Å². The van der Waals surface area contributed by atoms with E-state index in [9.17, 15) is 0 Å². The molecule has 2 aliphatic heterocycles. The van der Waals surface area contributed by atoms with Gasteiger partial charge in [-0.25, -0.2) is 0 Å². The number of likely N-dealkylation sites (N-methyl/N-ethyl adjacent to an activating group) is 1. The second kappa shape index (κ2) is 5.25. The Morgan fingerprint density at radius 2 is 2.00 bits per heavy atom. The van der Waals surface area contributed by atoms with E-state index in [1.165, 1.54) is 44.9 Å². The molecule has 2 heterocycles. The van der Waals surface area contributed by atoms with Crippen LogP contribution in [-0.4, -0.2) is 65.6 Å². The highest BCUT2D eigenvalue weighted by Gasteiger charge is 2.45. The van der Waals surface area contributed by atoms with Crippen LogP contribution in [0.25, 0.3) is 0 Å². The molecule has 0 bridgehead atoms. The lowest BCUT2D eigenvalue weighted by atomic mass is 9.89. The minimum absolute atomic E-state index is 0.296. The van der Waals surface area contributed by atoms with Gasteiger partial charge in [-0.15, -0.1) is 0 Å². The fourth-order valence-corrected chi connectivity index (χ4v) is 4.59. The largest absolute Gasteiger partial charge is 0.329 e. The predicted molar refractivity (Wildman–Crippen MR) is 72.0 cm³/mol. The van der Waals surface area contributed by atoms with Crippen molar-refractivity contribution in [2.45, 2.75) is 31.1 Å². The molecular weight excluding hydrogens is 218 g/mol. The first-order valence-corrected chi connectivity index (χ1v) is 7.57. The van der Waals surface area contributed by atoms with Gasteiger partial charge in [-0.2, -0.15) is 11.8 Å². The molecule has 0 radical (unpaired) electrons. The molecule has 16 heavy (non-hydrogen) atoms. The summed E-state index contributed by atoms with van der Waals surface area (Å²) in [7, 11) is 0. The zero-order chi connectivity index (χ0) is 11.6. The standard InChI is InChI=1S/C12H25N3S/c1-3-14-5-7-15(8-6-14)12(10-13)4-9-16-11(12)2/h11H,3-10,13H2,1-2H3. The van der Waals surface area contributed by atoms with E-state index in [0.29, 0.717) is 10.8 Å². The number of hydrogen-bond donors (Lipinski definition) is 1. The zero-order valence-electron chi connectivity index (χ0n) is 10.6. The van der Waals surface area contributed by atoms with Gasteiger partial charge in [0, 0.05) is 43.5 Å². The molecule has 2 atom stereocenters. The average Bonchev–Trinajstić information content (AvgIpc) is 2.72. The van der Waals surface area contributed by atoms with Crippen LogP contribution in [0.1, 0.15) is 20.3 Å². The van der Waals surface area contributed by atoms with Crippen molar-refractivity contribution in [3.8, 4) is 0 Å². The Balaban J connectivity index is 2.00. The summed E-state index contributed by atoms with van der Waals surface area (Å²) in [5, 5.41) is 0.700. The Kier molecular flexibility index (Phi) is 4.16. The minimum atomic E-state index is 0.296. The molecule has 0 aromatic rings. The van der Waals surface area contributed by atoms with Gasteiger partial charge in [0.1, 0.15) is 0 Å². The second-order valence-corrected chi connectivity index (χ2v) is 6.44. The van der Waals surface area contributed by atoms with E-state index in [1.807, 2.05) is 0 Å². The molecule has 0 aromatic carbocycles. The van der Waals surface area contributed by atoms with Gasteiger partial charge in [0.15, 0.2) is 0 Å². The van der Waals surface area contributed by atoms with Crippen LogP contribution in [0, 0.1) is 0 Å². The molecule has 3 nitrogen and oxygen atoms in total. The first kappa shape index (κ1) is 12.7. The topological polar surface area (TPSA) is 32.5 Å². The summed E-state index contributed by atoms with van der Waals surface area (Å²) in [4.78, 5) is 5.21. The van der Waals surface area contributed by atoms with E-state index in [4.69, 9.17) is 5.73 Å². The quantitative estimate of drug-likeness (QED) is 0.796. The van der Waals surface area contributed by atoms with Gasteiger partial charge < -0.3 is 10.6 Å². The molecule has 0 spiro atoms. The molecular formula is C12H25N3S. The molecule has 2 fully saturated rings. The smallest absolute Gasteiger partial charge is 0.0456 e. The number of thioether (sulfide) groups is 1. The monoisotopic (exact) mass is 243 g/mol. The summed E-state index contributed by atoms with van der Waals surface area (Å²) in [5.41, 5.74) is 6.38. The van der Waals surface area contributed by atoms with Crippen molar-refractivity contribution in [2.75, 3.05) is 45.0 Å². The molecule has 0 aliphatic carbocycles. The van der Waals surface area contributed by atoms with Crippen molar-refractivity contribution in [2.24, 2.45) is 5.73 Å². The number of hydrogen-bond acceptors (Lipinski definition) is 4. The molecule has 2 rings (SSSR count). The summed E-state index contributed by atoms with van der Waals surface area (Å²) in [6, 6.07) is 0. The second-order valence-electron chi connectivity index (χ2n) is 4.99. The van der Waals surface area contributed by atoms with Crippen molar-refractivity contribution in [1.82, 2.24) is 9.80 Å². The summed E-state index contributed by atoms with van der Waals surface area (Å²) >= 11 is 2.09. The highest BCUT2D eigenvalue weighted by Crippen LogP contribution is 2.39. The van der Waals surface area contributed by atoms with E-state index < -0.39 is 0 Å². The van der Waals surface area contributed by atoms with E-state index in [2.05, 4.69) is 35.4 Å². The molecule has 2 N–H and O–H groups in total. The van der Waals surface area contributed by atoms with Crippen molar-refractivity contribution in [3.63, 3.8) is 0 Å². The maximum absolute atomic E-state index is 6.09. The number of piperazine rings is 1. The van der Waals surface area contributed by atoms with Gasteiger partial charge in [-0.3, -0.25) is 4.90 Å². The van der Waals surface area contributed by atoms with Gasteiger partial charge in [0.25, 0.3) is 0 Å². The fourth-order valence-electron chi connectivity index (χ4n) is 3.09. The molecule has 94 valence electrons. The Morgan fingerprint density at radius 3 is 2.44 bits per heavy atom. The average molecular weight is 243 g/mol. The van der Waals surface area contributed by atoms with Gasteiger partial charge in [0.05, 0.1) is 0 Å². The summed E-state index contributed by atoms with van der Waals surface area (Å²) in [5.74, 6) is 1.28. The molecule has 2 saturated heterocycles. The van der Waals surface area contributed by atoms with Crippen LogP contribution in [0.15, 0.2) is 0 Å². The Labute approximate surface area is 104 Å². The van der Waals surface area contributed by atoms with E-state index >= 15 is 0 Å². The van der Waals surface area contributed by atoms with Crippen LogP contribution >= 0.6 is 11.8 Å². The van der Waals surface area contributed by atoms with E-state index in [1.54, 1.807) is 0 Å². The maximum Gasteiger partial charge on any atom is 0.0456 e. The lowest BCUT2D eigenvalue weighted by Gasteiger charge is -2.47.